The summed E-state index contributed by atoms with van der Waals surface area (Å²) in [6, 6.07) is 10.4. The summed E-state index contributed by atoms with van der Waals surface area (Å²) in [5, 5.41) is 0.476. The quantitative estimate of drug-likeness (QED) is 0.719. The van der Waals surface area contributed by atoms with Gasteiger partial charge in [-0.25, -0.2) is 9.97 Å². The highest BCUT2D eigenvalue weighted by Crippen LogP contribution is 2.20. The molecule has 1 aliphatic rings. The molecule has 1 atom stereocenters. The molecule has 1 aliphatic heterocycles. The van der Waals surface area contributed by atoms with Gasteiger partial charge in [0.05, 0.1) is 24.0 Å². The van der Waals surface area contributed by atoms with Crippen molar-refractivity contribution in [3.63, 3.8) is 0 Å². The van der Waals surface area contributed by atoms with Crippen LogP contribution in [-0.2, 0) is 4.79 Å². The molecule has 0 N–H and O–H groups in total. The first-order chi connectivity index (χ1) is 12.2. The zero-order valence-electron chi connectivity index (χ0n) is 13.8. The van der Waals surface area contributed by atoms with Crippen LogP contribution in [0.1, 0.15) is 19.3 Å². The summed E-state index contributed by atoms with van der Waals surface area (Å²) in [4.78, 5) is 23.6. The van der Waals surface area contributed by atoms with E-state index in [0.29, 0.717) is 24.0 Å². The third kappa shape index (κ3) is 5.61. The van der Waals surface area contributed by atoms with Crippen molar-refractivity contribution >= 4 is 29.3 Å². The van der Waals surface area contributed by atoms with Gasteiger partial charge in [0.25, 0.3) is 0 Å². The molecule has 2 aromatic rings. The van der Waals surface area contributed by atoms with Crippen molar-refractivity contribution in [2.75, 3.05) is 18.8 Å². The van der Waals surface area contributed by atoms with E-state index in [1.807, 2.05) is 23.1 Å². The minimum absolute atomic E-state index is 0.0688. The predicted octanol–water partition coefficient (Wildman–Crippen LogP) is 3.68. The second-order valence-electron chi connectivity index (χ2n) is 5.82. The van der Waals surface area contributed by atoms with Crippen molar-refractivity contribution in [1.29, 1.82) is 0 Å². The van der Waals surface area contributed by atoms with Crippen LogP contribution < -0.4 is 4.74 Å². The molecule has 0 spiro atoms. The molecule has 1 saturated heterocycles. The molecule has 0 aliphatic carbocycles. The first-order valence-electron chi connectivity index (χ1n) is 8.30. The molecule has 25 heavy (non-hydrogen) atoms. The SMILES string of the molecule is O=C(CCSc1ccccc1)N1CCC[C@@H](Oc2ncc(Cl)cn2)C1. The molecular formula is C18H20ClN3O2S. The second-order valence-corrected chi connectivity index (χ2v) is 7.42. The van der Waals surface area contributed by atoms with E-state index in [2.05, 4.69) is 22.1 Å². The van der Waals surface area contributed by atoms with E-state index >= 15 is 0 Å². The second kappa shape index (κ2) is 9.06. The van der Waals surface area contributed by atoms with Crippen molar-refractivity contribution in [3.8, 4) is 6.01 Å². The molecule has 132 valence electrons. The summed E-state index contributed by atoms with van der Waals surface area (Å²) in [5.41, 5.74) is 0. The van der Waals surface area contributed by atoms with Crippen molar-refractivity contribution in [1.82, 2.24) is 14.9 Å². The van der Waals surface area contributed by atoms with Gasteiger partial charge in [-0.3, -0.25) is 4.79 Å². The molecule has 1 fully saturated rings. The number of carbonyl (C=O) groups is 1. The van der Waals surface area contributed by atoms with Crippen LogP contribution in [0.2, 0.25) is 5.02 Å². The fourth-order valence-electron chi connectivity index (χ4n) is 2.70. The Bertz CT molecular complexity index is 684. The number of nitrogens with zero attached hydrogens (tertiary/aromatic N) is 3. The van der Waals surface area contributed by atoms with Gasteiger partial charge < -0.3 is 9.64 Å². The molecule has 1 aromatic heterocycles. The van der Waals surface area contributed by atoms with Crippen LogP contribution in [0.4, 0.5) is 0 Å². The van der Waals surface area contributed by atoms with Gasteiger partial charge in [0.2, 0.25) is 5.91 Å². The van der Waals surface area contributed by atoms with Gasteiger partial charge >= 0.3 is 6.01 Å². The number of hydrogen-bond acceptors (Lipinski definition) is 5. The van der Waals surface area contributed by atoms with Crippen LogP contribution in [0, 0.1) is 0 Å². The number of likely N-dealkylation sites (tertiary alicyclic amines) is 1. The number of aromatic nitrogens is 2. The molecule has 0 radical (unpaired) electrons. The first-order valence-corrected chi connectivity index (χ1v) is 9.67. The molecule has 1 amide bonds. The zero-order valence-corrected chi connectivity index (χ0v) is 15.4. The summed E-state index contributed by atoms with van der Waals surface area (Å²) in [6.45, 7) is 1.37. The van der Waals surface area contributed by atoms with E-state index in [4.69, 9.17) is 16.3 Å². The normalized spacial score (nSPS) is 17.3. The van der Waals surface area contributed by atoms with Crippen LogP contribution in [-0.4, -0.2) is 45.7 Å². The Hall–Kier alpha value is -1.79. The maximum Gasteiger partial charge on any atom is 0.316 e. The van der Waals surface area contributed by atoms with Crippen molar-refractivity contribution in [3.05, 3.63) is 47.7 Å². The Morgan fingerprint density at radius 2 is 2.04 bits per heavy atom. The Kier molecular flexibility index (Phi) is 6.53. The predicted molar refractivity (Wildman–Crippen MR) is 99.1 cm³/mol. The van der Waals surface area contributed by atoms with Gasteiger partial charge in [0.1, 0.15) is 6.10 Å². The smallest absolute Gasteiger partial charge is 0.316 e. The number of amides is 1. The highest BCUT2D eigenvalue weighted by Gasteiger charge is 2.25. The Balaban J connectivity index is 1.45. The molecular weight excluding hydrogens is 358 g/mol. The van der Waals surface area contributed by atoms with E-state index in [1.165, 1.54) is 17.3 Å². The minimum Gasteiger partial charge on any atom is -0.458 e. The lowest BCUT2D eigenvalue weighted by atomic mass is 10.1. The number of halogens is 1. The van der Waals surface area contributed by atoms with E-state index < -0.39 is 0 Å². The fourth-order valence-corrected chi connectivity index (χ4v) is 3.66. The summed E-state index contributed by atoms with van der Waals surface area (Å²) < 4.78 is 5.78. The number of ether oxygens (including phenoxy) is 1. The van der Waals surface area contributed by atoms with Crippen molar-refractivity contribution in [2.24, 2.45) is 0 Å². The van der Waals surface area contributed by atoms with Crippen LogP contribution in [0.25, 0.3) is 0 Å². The molecule has 3 rings (SSSR count). The molecule has 1 aromatic carbocycles. The highest BCUT2D eigenvalue weighted by atomic mass is 35.5. The number of hydrogen-bond donors (Lipinski definition) is 0. The molecule has 0 unspecified atom stereocenters. The van der Waals surface area contributed by atoms with Crippen molar-refractivity contribution in [2.45, 2.75) is 30.3 Å². The molecule has 5 nitrogen and oxygen atoms in total. The maximum absolute atomic E-state index is 12.4. The third-order valence-corrected chi connectivity index (χ3v) is 5.14. The van der Waals surface area contributed by atoms with E-state index in [1.54, 1.807) is 11.8 Å². The van der Waals surface area contributed by atoms with Gasteiger partial charge in [0, 0.05) is 23.6 Å². The summed E-state index contributed by atoms with van der Waals surface area (Å²) in [5.74, 6) is 0.958. The number of piperidine rings is 1. The van der Waals surface area contributed by atoms with Gasteiger partial charge in [-0.2, -0.15) is 0 Å². The average molecular weight is 378 g/mol. The zero-order chi connectivity index (χ0) is 17.5. The average Bonchev–Trinajstić information content (AvgIpc) is 2.65. The lowest BCUT2D eigenvalue weighted by Gasteiger charge is -2.32. The van der Waals surface area contributed by atoms with E-state index in [0.717, 1.165) is 25.1 Å². The topological polar surface area (TPSA) is 55.3 Å². The van der Waals surface area contributed by atoms with Gasteiger partial charge in [-0.15, -0.1) is 11.8 Å². The number of carbonyl (C=O) groups excluding carboxylic acids is 1. The fraction of sp³-hybridized carbons (Fsp3) is 0.389. The third-order valence-electron chi connectivity index (χ3n) is 3.93. The number of rotatable bonds is 6. The Morgan fingerprint density at radius 1 is 1.28 bits per heavy atom. The first kappa shape index (κ1) is 18.0. The highest BCUT2D eigenvalue weighted by molar-refractivity contribution is 7.99. The Labute approximate surface area is 156 Å². The summed E-state index contributed by atoms with van der Waals surface area (Å²) in [7, 11) is 0. The van der Waals surface area contributed by atoms with Gasteiger partial charge in [-0.05, 0) is 25.0 Å². The minimum atomic E-state index is -0.0688. The van der Waals surface area contributed by atoms with Gasteiger partial charge in [-0.1, -0.05) is 29.8 Å². The number of thioether (sulfide) groups is 1. The van der Waals surface area contributed by atoms with Crippen LogP contribution >= 0.6 is 23.4 Å². The largest absolute Gasteiger partial charge is 0.458 e. The van der Waals surface area contributed by atoms with E-state index in [-0.39, 0.29) is 12.0 Å². The summed E-state index contributed by atoms with van der Waals surface area (Å²) >= 11 is 7.48. The van der Waals surface area contributed by atoms with Crippen LogP contribution in [0.15, 0.2) is 47.6 Å². The molecule has 7 heteroatoms. The number of benzene rings is 1. The van der Waals surface area contributed by atoms with Crippen molar-refractivity contribution < 1.29 is 9.53 Å². The van der Waals surface area contributed by atoms with Gasteiger partial charge in [0.15, 0.2) is 0 Å². The standard InChI is InChI=1S/C18H20ClN3O2S/c19-14-11-20-18(21-12-14)24-15-5-4-9-22(13-15)17(23)8-10-25-16-6-2-1-3-7-16/h1-3,6-7,11-12,15H,4-5,8-10,13H2/t15-/m1/s1. The lowest BCUT2D eigenvalue weighted by molar-refractivity contribution is -0.133. The molecule has 0 bridgehead atoms. The Morgan fingerprint density at radius 3 is 2.80 bits per heavy atom. The summed E-state index contributed by atoms with van der Waals surface area (Å²) in [6.07, 6.45) is 5.31. The molecule has 2 heterocycles. The monoisotopic (exact) mass is 377 g/mol. The lowest BCUT2D eigenvalue weighted by Crippen LogP contribution is -2.44. The van der Waals surface area contributed by atoms with Crippen LogP contribution in [0.5, 0.6) is 6.01 Å². The van der Waals surface area contributed by atoms with E-state index in [9.17, 15) is 4.79 Å². The molecule has 0 saturated carbocycles. The van der Waals surface area contributed by atoms with Crippen LogP contribution in [0.3, 0.4) is 0 Å². The maximum atomic E-state index is 12.4.